The predicted molar refractivity (Wildman–Crippen MR) is 127 cm³/mol. The summed E-state index contributed by atoms with van der Waals surface area (Å²) in [6.45, 7) is 4.96. The van der Waals surface area contributed by atoms with E-state index in [0.717, 1.165) is 68.2 Å². The first-order valence-electron chi connectivity index (χ1n) is 12.2. The van der Waals surface area contributed by atoms with Gasteiger partial charge in [-0.1, -0.05) is 6.07 Å². The highest BCUT2D eigenvalue weighted by Crippen LogP contribution is 2.31. The molecule has 2 saturated heterocycles. The number of aryl methyl sites for hydroxylation is 1. The van der Waals surface area contributed by atoms with E-state index in [1.807, 2.05) is 12.1 Å². The van der Waals surface area contributed by atoms with Gasteiger partial charge in [0.15, 0.2) is 0 Å². The number of imide groups is 1. The van der Waals surface area contributed by atoms with Gasteiger partial charge in [0, 0.05) is 52.2 Å². The number of rotatable bonds is 4. The Bertz CT molecular complexity index is 1110. The van der Waals surface area contributed by atoms with Crippen molar-refractivity contribution in [3.63, 3.8) is 0 Å². The normalized spacial score (nSPS) is 27.2. The number of hydrogen-bond donors (Lipinski definition) is 2. The van der Waals surface area contributed by atoms with Crippen LogP contribution in [0.4, 0.5) is 5.69 Å². The third-order valence-electron chi connectivity index (χ3n) is 7.72. The van der Waals surface area contributed by atoms with Crippen molar-refractivity contribution in [2.45, 2.75) is 50.6 Å². The van der Waals surface area contributed by atoms with Crippen molar-refractivity contribution in [2.24, 2.45) is 18.7 Å². The molecule has 0 radical (unpaired) electrons. The van der Waals surface area contributed by atoms with Gasteiger partial charge >= 0.3 is 5.69 Å². The summed E-state index contributed by atoms with van der Waals surface area (Å²) in [5.74, 6) is 0.0749. The number of nitrogens with one attached hydrogen (secondary N) is 1. The monoisotopic (exact) mass is 454 g/mol. The van der Waals surface area contributed by atoms with Gasteiger partial charge in [0.1, 0.15) is 6.04 Å². The molecular formula is C24H34N6O3. The zero-order valence-electron chi connectivity index (χ0n) is 19.3. The van der Waals surface area contributed by atoms with Crippen molar-refractivity contribution < 1.29 is 9.59 Å². The van der Waals surface area contributed by atoms with Gasteiger partial charge < -0.3 is 10.6 Å². The first-order chi connectivity index (χ1) is 15.9. The molecule has 178 valence electrons. The number of anilines is 1. The van der Waals surface area contributed by atoms with Crippen LogP contribution in [-0.2, 0) is 16.6 Å². The molecule has 2 aromatic rings. The van der Waals surface area contributed by atoms with Gasteiger partial charge in [0.05, 0.1) is 16.7 Å². The third-order valence-corrected chi connectivity index (χ3v) is 7.72. The highest BCUT2D eigenvalue weighted by atomic mass is 16.2. The fourth-order valence-electron chi connectivity index (χ4n) is 5.81. The van der Waals surface area contributed by atoms with Crippen LogP contribution in [0, 0.1) is 5.92 Å². The van der Waals surface area contributed by atoms with Crippen LogP contribution in [0.3, 0.4) is 0 Å². The Morgan fingerprint density at radius 1 is 1.00 bits per heavy atom. The molecule has 1 unspecified atom stereocenters. The average molecular weight is 455 g/mol. The van der Waals surface area contributed by atoms with Crippen LogP contribution in [0.2, 0.25) is 0 Å². The maximum Gasteiger partial charge on any atom is 0.329 e. The molecule has 1 aromatic carbocycles. The average Bonchev–Trinajstić information content (AvgIpc) is 3.06. The van der Waals surface area contributed by atoms with Crippen LogP contribution < -0.4 is 21.6 Å². The molecular weight excluding hydrogens is 420 g/mol. The maximum absolute atomic E-state index is 13.2. The first kappa shape index (κ1) is 22.2. The predicted octanol–water partition coefficient (Wildman–Crippen LogP) is 0.957. The van der Waals surface area contributed by atoms with E-state index in [1.54, 1.807) is 16.2 Å². The van der Waals surface area contributed by atoms with Crippen LogP contribution in [0.5, 0.6) is 0 Å². The summed E-state index contributed by atoms with van der Waals surface area (Å²) in [4.78, 5) is 42.2. The van der Waals surface area contributed by atoms with Gasteiger partial charge in [-0.05, 0) is 50.2 Å². The number of carbonyl (C=O) groups is 2. The molecule has 9 nitrogen and oxygen atoms in total. The number of para-hydroxylation sites is 1. The van der Waals surface area contributed by atoms with E-state index in [1.165, 1.54) is 12.8 Å². The quantitative estimate of drug-likeness (QED) is 0.667. The van der Waals surface area contributed by atoms with E-state index in [9.17, 15) is 14.4 Å². The number of imidazole rings is 1. The van der Waals surface area contributed by atoms with Crippen molar-refractivity contribution in [2.75, 3.05) is 37.6 Å². The molecule has 1 aromatic heterocycles. The topological polar surface area (TPSA) is 106 Å². The van der Waals surface area contributed by atoms with Crippen LogP contribution in [0.1, 0.15) is 44.6 Å². The lowest BCUT2D eigenvalue weighted by Crippen LogP contribution is -2.48. The molecule has 2 amide bonds. The van der Waals surface area contributed by atoms with E-state index in [2.05, 4.69) is 21.2 Å². The van der Waals surface area contributed by atoms with E-state index >= 15 is 0 Å². The number of nitrogens with two attached hydrogens (primary N) is 1. The van der Waals surface area contributed by atoms with E-state index < -0.39 is 11.9 Å². The lowest BCUT2D eigenvalue weighted by Gasteiger charge is -2.39. The smallest absolute Gasteiger partial charge is 0.329 e. The van der Waals surface area contributed by atoms with Crippen molar-refractivity contribution in [1.29, 1.82) is 0 Å². The van der Waals surface area contributed by atoms with E-state index in [0.29, 0.717) is 12.5 Å². The van der Waals surface area contributed by atoms with Crippen molar-refractivity contribution in [3.05, 3.63) is 28.7 Å². The molecule has 0 bridgehead atoms. The summed E-state index contributed by atoms with van der Waals surface area (Å²) in [6, 6.07) is 5.65. The fraction of sp³-hybridized carbons (Fsp3) is 0.625. The fourth-order valence-corrected chi connectivity index (χ4v) is 5.81. The molecule has 2 aliphatic heterocycles. The van der Waals surface area contributed by atoms with Crippen LogP contribution in [-0.4, -0.2) is 64.6 Å². The Morgan fingerprint density at radius 3 is 2.42 bits per heavy atom. The first-order valence-corrected chi connectivity index (χ1v) is 12.2. The summed E-state index contributed by atoms with van der Waals surface area (Å²) >= 11 is 0. The lowest BCUT2D eigenvalue weighted by atomic mass is 9.86. The Kier molecular flexibility index (Phi) is 6.01. The minimum atomic E-state index is -0.658. The summed E-state index contributed by atoms with van der Waals surface area (Å²) in [7, 11) is 1.76. The number of carbonyl (C=O) groups excluding carboxylic acids is 2. The highest BCUT2D eigenvalue weighted by Gasteiger charge is 2.32. The van der Waals surface area contributed by atoms with Crippen LogP contribution in [0.15, 0.2) is 23.0 Å². The summed E-state index contributed by atoms with van der Waals surface area (Å²) in [6.07, 6.45) is 5.34. The van der Waals surface area contributed by atoms with Gasteiger partial charge in [0.2, 0.25) is 11.8 Å². The lowest BCUT2D eigenvalue weighted by molar-refractivity contribution is -0.135. The second-order valence-electron chi connectivity index (χ2n) is 9.89. The molecule has 1 atom stereocenters. The number of hydrogen-bond acceptors (Lipinski definition) is 6. The molecule has 33 heavy (non-hydrogen) atoms. The minimum absolute atomic E-state index is 0.221. The van der Waals surface area contributed by atoms with Crippen LogP contribution >= 0.6 is 0 Å². The summed E-state index contributed by atoms with van der Waals surface area (Å²) in [5.41, 5.74) is 8.46. The number of benzene rings is 1. The Balaban J connectivity index is 1.35. The number of piperidine rings is 1. The molecule has 0 spiro atoms. The summed E-state index contributed by atoms with van der Waals surface area (Å²) in [5, 5.41) is 2.38. The van der Waals surface area contributed by atoms with Gasteiger partial charge in [-0.2, -0.15) is 0 Å². The second-order valence-corrected chi connectivity index (χ2v) is 9.89. The standard InChI is InChI=1S/C24H34N6O3/c1-27-22-18(29-13-11-28(12-14-29)15-16-5-7-17(25)8-6-16)3-2-4-19(22)30(24(27)33)20-9-10-21(31)26-23(20)32/h2-4,16-17,20H,5-15,25H2,1H3,(H,26,31,32). The number of amides is 2. The maximum atomic E-state index is 13.2. The van der Waals surface area contributed by atoms with Gasteiger partial charge in [-0.25, -0.2) is 4.79 Å². The van der Waals surface area contributed by atoms with Crippen molar-refractivity contribution >= 4 is 28.5 Å². The van der Waals surface area contributed by atoms with Crippen LogP contribution in [0.25, 0.3) is 11.0 Å². The zero-order chi connectivity index (χ0) is 23.1. The molecule has 3 heterocycles. The van der Waals surface area contributed by atoms with Gasteiger partial charge in [-0.15, -0.1) is 0 Å². The third kappa shape index (κ3) is 4.19. The molecule has 3 N–H and O–H groups in total. The molecule has 3 aliphatic rings. The molecule has 9 heteroatoms. The SMILES string of the molecule is Cn1c(=O)n(C2CCC(=O)NC2=O)c2cccc(N3CCN(CC4CCC(N)CC4)CC3)c21. The number of fused-ring (bicyclic) bond motifs is 1. The second kappa shape index (κ2) is 8.95. The molecule has 5 rings (SSSR count). The number of aromatic nitrogens is 2. The van der Waals surface area contributed by atoms with Gasteiger partial charge in [0.25, 0.3) is 0 Å². The zero-order valence-corrected chi connectivity index (χ0v) is 19.3. The molecule has 3 fully saturated rings. The largest absolute Gasteiger partial charge is 0.367 e. The van der Waals surface area contributed by atoms with Crippen molar-refractivity contribution in [1.82, 2.24) is 19.4 Å². The summed E-state index contributed by atoms with van der Waals surface area (Å²) < 4.78 is 3.21. The Morgan fingerprint density at radius 2 is 1.73 bits per heavy atom. The Labute approximate surface area is 193 Å². The number of piperazine rings is 1. The Hall–Kier alpha value is -2.65. The van der Waals surface area contributed by atoms with E-state index in [4.69, 9.17) is 5.73 Å². The minimum Gasteiger partial charge on any atom is -0.367 e. The van der Waals surface area contributed by atoms with Crippen molar-refractivity contribution in [3.8, 4) is 0 Å². The van der Waals surface area contributed by atoms with E-state index in [-0.39, 0.29) is 18.0 Å². The van der Waals surface area contributed by atoms with Gasteiger partial charge in [-0.3, -0.25) is 28.9 Å². The molecule has 1 aliphatic carbocycles. The number of nitrogens with zero attached hydrogens (tertiary/aromatic N) is 4. The highest BCUT2D eigenvalue weighted by molar-refractivity contribution is 6.00. The molecule has 1 saturated carbocycles.